The molecule has 0 heterocycles. The molecular formula is C24H29N5O8. The average Bonchev–Trinajstić information content (AvgIpc) is 2.92. The molecule has 0 amide bonds. The lowest BCUT2D eigenvalue weighted by molar-refractivity contribution is -0.136. The third-order valence-corrected chi connectivity index (χ3v) is 4.05. The van der Waals surface area contributed by atoms with Crippen LogP contribution in [0.5, 0.6) is 11.5 Å². The molecule has 0 spiro atoms. The van der Waals surface area contributed by atoms with E-state index in [1.807, 2.05) is 0 Å². The summed E-state index contributed by atoms with van der Waals surface area (Å²) in [6.07, 6.45) is 1.24. The summed E-state index contributed by atoms with van der Waals surface area (Å²) in [4.78, 5) is 33.3. The van der Waals surface area contributed by atoms with Gasteiger partial charge in [-0.1, -0.05) is 5.16 Å². The van der Waals surface area contributed by atoms with Gasteiger partial charge in [-0.25, -0.2) is 9.59 Å². The monoisotopic (exact) mass is 515 g/mol. The highest BCUT2D eigenvalue weighted by molar-refractivity contribution is 6.59. The molecular weight excluding hydrogens is 486 g/mol. The van der Waals surface area contributed by atoms with Crippen molar-refractivity contribution in [2.24, 2.45) is 15.4 Å². The van der Waals surface area contributed by atoms with E-state index in [-0.39, 0.29) is 24.6 Å². The van der Waals surface area contributed by atoms with Gasteiger partial charge in [0.25, 0.3) is 0 Å². The highest BCUT2D eigenvalue weighted by Gasteiger charge is 2.11. The second-order valence-corrected chi connectivity index (χ2v) is 6.48. The van der Waals surface area contributed by atoms with E-state index in [1.165, 1.54) is 0 Å². The maximum atomic E-state index is 11.4. The Kier molecular flexibility index (Phi) is 14.2. The number of aldehydes is 1. The number of carbonyl (C=O) groups is 3. The molecule has 0 radical (unpaired) electrons. The minimum absolute atomic E-state index is 0.139. The highest BCUT2D eigenvalue weighted by Crippen LogP contribution is 2.15. The fourth-order valence-corrected chi connectivity index (χ4v) is 2.29. The minimum Gasteiger partial charge on any atom is -0.497 e. The Labute approximate surface area is 213 Å². The van der Waals surface area contributed by atoms with Crippen LogP contribution >= 0.6 is 0 Å². The lowest BCUT2D eigenvalue weighted by Gasteiger charge is -2.04. The maximum Gasteiger partial charge on any atom is 0.362 e. The number of methoxy groups -OCH3 is 2. The van der Waals surface area contributed by atoms with Crippen LogP contribution in [0.2, 0.25) is 0 Å². The topological polar surface area (TPSA) is 170 Å². The number of carbonyl (C=O) groups excluding carboxylic acids is 3. The number of rotatable bonds is 12. The number of ether oxygens (including phenoxy) is 4. The van der Waals surface area contributed by atoms with E-state index >= 15 is 0 Å². The predicted octanol–water partition coefficient (Wildman–Crippen LogP) is 2.71. The summed E-state index contributed by atoms with van der Waals surface area (Å²) in [7, 11) is 3.13. The van der Waals surface area contributed by atoms with Crippen LogP contribution in [0.15, 0.2) is 63.9 Å². The Morgan fingerprint density at radius 2 is 1.19 bits per heavy atom. The largest absolute Gasteiger partial charge is 0.497 e. The Bertz CT molecular complexity index is 1080. The molecule has 0 atom stereocenters. The summed E-state index contributed by atoms with van der Waals surface area (Å²) in [5.74, 6) is -0.0302. The number of hydrogen-bond acceptors (Lipinski definition) is 13. The van der Waals surface area contributed by atoms with E-state index in [2.05, 4.69) is 30.9 Å². The molecule has 0 aliphatic heterocycles. The molecule has 2 aromatic carbocycles. The summed E-state index contributed by atoms with van der Waals surface area (Å²) < 4.78 is 19.4. The van der Waals surface area contributed by atoms with E-state index in [0.29, 0.717) is 29.2 Å². The molecule has 2 aromatic rings. The zero-order chi connectivity index (χ0) is 27.5. The van der Waals surface area contributed by atoms with Crippen LogP contribution in [-0.2, 0) is 23.9 Å². The minimum atomic E-state index is -0.756. The summed E-state index contributed by atoms with van der Waals surface area (Å²) in [5.41, 5.74) is 6.06. The average molecular weight is 516 g/mol. The molecule has 13 nitrogen and oxygen atoms in total. The van der Waals surface area contributed by atoms with E-state index < -0.39 is 11.9 Å². The fourth-order valence-electron chi connectivity index (χ4n) is 2.29. The maximum absolute atomic E-state index is 11.4. The van der Waals surface area contributed by atoms with Gasteiger partial charge >= 0.3 is 11.9 Å². The van der Waals surface area contributed by atoms with Crippen molar-refractivity contribution >= 4 is 47.2 Å². The Morgan fingerprint density at radius 3 is 1.54 bits per heavy atom. The molecule has 0 saturated carbocycles. The number of anilines is 2. The van der Waals surface area contributed by atoms with Crippen molar-refractivity contribution in [3.8, 4) is 11.5 Å². The Morgan fingerprint density at radius 1 is 0.784 bits per heavy atom. The van der Waals surface area contributed by atoms with E-state index in [1.54, 1.807) is 76.6 Å². The van der Waals surface area contributed by atoms with Gasteiger partial charge < -0.3 is 24.2 Å². The van der Waals surface area contributed by atoms with Crippen molar-refractivity contribution in [1.82, 2.24) is 0 Å². The lowest BCUT2D eigenvalue weighted by atomic mass is 10.3. The second kappa shape index (κ2) is 17.5. The molecule has 2 rings (SSSR count). The number of benzene rings is 2. The molecule has 0 aromatic heterocycles. The molecule has 3 N–H and O–H groups in total. The molecule has 198 valence electrons. The first-order valence-electron chi connectivity index (χ1n) is 10.8. The van der Waals surface area contributed by atoms with Gasteiger partial charge in [0.05, 0.1) is 38.8 Å². The molecule has 0 aliphatic carbocycles. The van der Waals surface area contributed by atoms with Crippen LogP contribution < -0.4 is 20.3 Å². The van der Waals surface area contributed by atoms with Crippen molar-refractivity contribution in [3.05, 3.63) is 48.5 Å². The Hall–Kier alpha value is -4.94. The van der Waals surface area contributed by atoms with Gasteiger partial charge in [-0.05, 0) is 62.4 Å². The number of nitrogens with one attached hydrogen (secondary N) is 2. The molecule has 13 heteroatoms. The first-order valence-corrected chi connectivity index (χ1v) is 10.8. The van der Waals surface area contributed by atoms with Crippen LogP contribution in [0.25, 0.3) is 0 Å². The summed E-state index contributed by atoms with van der Waals surface area (Å²) in [5, 5.41) is 18.7. The van der Waals surface area contributed by atoms with Gasteiger partial charge in [0.1, 0.15) is 17.7 Å². The smallest absolute Gasteiger partial charge is 0.362 e. The van der Waals surface area contributed by atoms with Crippen LogP contribution in [0, 0.1) is 0 Å². The van der Waals surface area contributed by atoms with Crippen molar-refractivity contribution in [2.75, 3.05) is 38.3 Å². The number of oxime groups is 1. The zero-order valence-corrected chi connectivity index (χ0v) is 20.8. The number of hydrogen-bond donors (Lipinski definition) is 3. The predicted molar refractivity (Wildman–Crippen MR) is 138 cm³/mol. The molecule has 0 bridgehead atoms. The quantitative estimate of drug-likeness (QED) is 0.0954. The standard InChI is InChI=1S/C12H15N3O4.C12H14N2O4/c1-3-19-12(16)11(8-13-17)15-14-9-4-6-10(18-2)7-5-9;1-3-18-12(16)11(8-15)14-13-9-4-6-10(17-2)7-5-9/h4-8,14,17H,3H2,1-2H3;4-8,13H,3H2,1-2H3/b13-8+,15-11+;14-11+. The van der Waals surface area contributed by atoms with Crippen molar-refractivity contribution in [3.63, 3.8) is 0 Å². The highest BCUT2D eigenvalue weighted by atomic mass is 16.5. The van der Waals surface area contributed by atoms with Crippen molar-refractivity contribution in [1.29, 1.82) is 0 Å². The third-order valence-electron chi connectivity index (χ3n) is 4.05. The SMILES string of the molecule is CCOC(=O)/C(C=O)=N/Nc1ccc(OC)cc1.CCOC(=O)C(/C=N/O)=N/Nc1ccc(OC)cc1. The van der Waals surface area contributed by atoms with Gasteiger partial charge in [-0.15, -0.1) is 0 Å². The van der Waals surface area contributed by atoms with Gasteiger partial charge in [0.2, 0.25) is 5.71 Å². The number of esters is 2. The van der Waals surface area contributed by atoms with E-state index in [9.17, 15) is 14.4 Å². The van der Waals surface area contributed by atoms with Crippen molar-refractivity contribution in [2.45, 2.75) is 13.8 Å². The summed E-state index contributed by atoms with van der Waals surface area (Å²) in [6.45, 7) is 3.72. The first-order chi connectivity index (χ1) is 17.9. The lowest BCUT2D eigenvalue weighted by Crippen LogP contribution is -2.20. The summed E-state index contributed by atoms with van der Waals surface area (Å²) in [6, 6.07) is 13.8. The molecule has 0 fully saturated rings. The fraction of sp³-hybridized carbons (Fsp3) is 0.250. The third kappa shape index (κ3) is 11.4. The summed E-state index contributed by atoms with van der Waals surface area (Å²) >= 11 is 0. The molecule has 37 heavy (non-hydrogen) atoms. The van der Waals surface area contributed by atoms with Gasteiger partial charge in [0, 0.05) is 0 Å². The normalized spacial score (nSPS) is 11.0. The number of nitrogens with zero attached hydrogens (tertiary/aromatic N) is 3. The van der Waals surface area contributed by atoms with Crippen LogP contribution in [0.1, 0.15) is 13.8 Å². The Balaban J connectivity index is 0.000000371. The second-order valence-electron chi connectivity index (χ2n) is 6.48. The zero-order valence-electron chi connectivity index (χ0n) is 20.8. The number of hydrazone groups is 2. The molecule has 0 saturated heterocycles. The van der Waals surface area contributed by atoms with Crippen LogP contribution in [0.3, 0.4) is 0 Å². The molecule has 0 unspecified atom stereocenters. The van der Waals surface area contributed by atoms with Crippen LogP contribution in [-0.4, -0.2) is 68.5 Å². The van der Waals surface area contributed by atoms with E-state index in [0.717, 1.165) is 6.21 Å². The van der Waals surface area contributed by atoms with Crippen LogP contribution in [0.4, 0.5) is 11.4 Å². The first kappa shape index (κ1) is 30.1. The van der Waals surface area contributed by atoms with Gasteiger partial charge in [0.15, 0.2) is 12.0 Å². The van der Waals surface area contributed by atoms with Gasteiger partial charge in [-0.3, -0.25) is 15.6 Å². The van der Waals surface area contributed by atoms with E-state index in [4.69, 9.17) is 19.4 Å². The molecule has 0 aliphatic rings. The van der Waals surface area contributed by atoms with Crippen molar-refractivity contribution < 1.29 is 38.5 Å². The van der Waals surface area contributed by atoms with Gasteiger partial charge in [-0.2, -0.15) is 10.2 Å².